The Labute approximate surface area is 198 Å². The smallest absolute Gasteiger partial charge is 0.453 e. The summed E-state index contributed by atoms with van der Waals surface area (Å²) < 4.78 is 51.1. The number of hydrogen-bond acceptors (Lipinski definition) is 6. The fourth-order valence-electron chi connectivity index (χ4n) is 3.46. The molecule has 0 unspecified atom stereocenters. The lowest BCUT2D eigenvalue weighted by Crippen LogP contribution is -2.17. The molecule has 1 N–H and O–H groups in total. The van der Waals surface area contributed by atoms with E-state index in [1.54, 1.807) is 50.2 Å². The average molecular weight is 485 g/mol. The van der Waals surface area contributed by atoms with Gasteiger partial charge in [0.1, 0.15) is 17.2 Å². The van der Waals surface area contributed by atoms with Gasteiger partial charge >= 0.3 is 6.18 Å². The van der Waals surface area contributed by atoms with Crippen molar-refractivity contribution in [3.63, 3.8) is 0 Å². The molecule has 11 heteroatoms. The molecule has 8 nitrogen and oxygen atoms in total. The fourth-order valence-corrected chi connectivity index (χ4v) is 3.46. The third kappa shape index (κ3) is 5.51. The van der Waals surface area contributed by atoms with Crippen molar-refractivity contribution in [2.24, 2.45) is 0 Å². The predicted octanol–water partition coefficient (Wildman–Crippen LogP) is 5.13. The number of halogens is 3. The summed E-state index contributed by atoms with van der Waals surface area (Å²) in [5, 5.41) is 6.27. The number of benzene rings is 2. The molecule has 0 aliphatic heterocycles. The van der Waals surface area contributed by atoms with Crippen molar-refractivity contribution in [1.29, 1.82) is 0 Å². The minimum absolute atomic E-state index is 0.0910. The summed E-state index contributed by atoms with van der Waals surface area (Å²) in [6.45, 7) is 5.68. The number of hydrogen-bond donors (Lipinski definition) is 1. The highest BCUT2D eigenvalue weighted by molar-refractivity contribution is 5.92. The van der Waals surface area contributed by atoms with E-state index in [9.17, 15) is 18.0 Å². The molecule has 2 heterocycles. The molecule has 0 fully saturated rings. The summed E-state index contributed by atoms with van der Waals surface area (Å²) in [7, 11) is 0. The zero-order valence-electron chi connectivity index (χ0n) is 19.2. The number of nitrogens with zero attached hydrogens (tertiary/aromatic N) is 4. The molecule has 182 valence electrons. The Bertz CT molecular complexity index is 1350. The third-order valence-corrected chi connectivity index (χ3v) is 5.15. The maximum Gasteiger partial charge on any atom is 0.453 e. The number of fused-ring (bicyclic) bond motifs is 1. The highest BCUT2D eigenvalue weighted by Gasteiger charge is 2.37. The molecule has 0 spiro atoms. The van der Waals surface area contributed by atoms with E-state index in [0.29, 0.717) is 40.7 Å². The Morgan fingerprint density at radius 3 is 2.17 bits per heavy atom. The first-order valence-corrected chi connectivity index (χ1v) is 10.7. The normalized spacial score (nSPS) is 11.5. The topological polar surface area (TPSA) is 90.6 Å². The maximum absolute atomic E-state index is 13.0. The molecule has 2 aromatic heterocycles. The third-order valence-electron chi connectivity index (χ3n) is 5.15. The molecular weight excluding hydrogens is 463 g/mol. The minimum atomic E-state index is -4.69. The van der Waals surface area contributed by atoms with Gasteiger partial charge in [0.05, 0.1) is 13.0 Å². The van der Waals surface area contributed by atoms with Gasteiger partial charge in [-0.2, -0.15) is 18.2 Å². The lowest BCUT2D eigenvalue weighted by atomic mass is 10.1. The number of carbonyl (C=O) groups is 1. The molecule has 4 rings (SSSR count). The van der Waals surface area contributed by atoms with Gasteiger partial charge in [0.15, 0.2) is 0 Å². The Morgan fingerprint density at radius 1 is 0.971 bits per heavy atom. The lowest BCUT2D eigenvalue weighted by molar-refractivity contribution is -0.144. The summed E-state index contributed by atoms with van der Waals surface area (Å²) >= 11 is 0. The minimum Gasteiger partial charge on any atom is -0.494 e. The second-order valence-corrected chi connectivity index (χ2v) is 7.66. The first-order chi connectivity index (χ1) is 16.6. The quantitative estimate of drug-likeness (QED) is 0.390. The molecule has 2 aromatic carbocycles. The van der Waals surface area contributed by atoms with Crippen LogP contribution in [-0.2, 0) is 17.4 Å². The van der Waals surface area contributed by atoms with Crippen molar-refractivity contribution >= 4 is 17.4 Å². The van der Waals surface area contributed by atoms with E-state index in [1.165, 1.54) is 0 Å². The number of alkyl halides is 3. The highest BCUT2D eigenvalue weighted by atomic mass is 19.4. The molecule has 0 aliphatic rings. The van der Waals surface area contributed by atoms with E-state index in [1.807, 2.05) is 19.1 Å². The van der Waals surface area contributed by atoms with Crippen LogP contribution >= 0.6 is 0 Å². The van der Waals surface area contributed by atoms with Crippen molar-refractivity contribution in [2.45, 2.75) is 33.4 Å². The Kier molecular flexibility index (Phi) is 6.59. The Hall–Kier alpha value is -4.15. The van der Waals surface area contributed by atoms with E-state index in [2.05, 4.69) is 20.4 Å². The summed E-state index contributed by atoms with van der Waals surface area (Å²) in [5.74, 6) is 0.179. The van der Waals surface area contributed by atoms with Gasteiger partial charge in [-0.15, -0.1) is 5.10 Å². The van der Waals surface area contributed by atoms with Crippen LogP contribution in [0.15, 0.2) is 48.5 Å². The lowest BCUT2D eigenvalue weighted by Gasteiger charge is -2.11. The standard InChI is InChI=1S/C24H22F3N5O3/c1-4-34-17-9-11-19(12-10-17)35-18-7-5-16(6-8-18)29-21(33)13-20-14(2)28-23-30-22(24(25,26)27)31-32(23)15(20)3/h5-12H,4,13H2,1-3H3,(H,29,33). The van der Waals surface area contributed by atoms with Crippen molar-refractivity contribution in [3.8, 4) is 17.2 Å². The van der Waals surface area contributed by atoms with Crippen molar-refractivity contribution < 1.29 is 27.4 Å². The fraction of sp³-hybridized carbons (Fsp3) is 0.250. The van der Waals surface area contributed by atoms with Gasteiger partial charge in [-0.05, 0) is 69.3 Å². The average Bonchev–Trinajstić information content (AvgIpc) is 3.24. The van der Waals surface area contributed by atoms with Gasteiger partial charge in [-0.3, -0.25) is 4.79 Å². The van der Waals surface area contributed by atoms with Gasteiger partial charge in [0.25, 0.3) is 11.6 Å². The number of carbonyl (C=O) groups excluding carboxylic acids is 1. The zero-order valence-corrected chi connectivity index (χ0v) is 19.2. The van der Waals surface area contributed by atoms with Crippen LogP contribution in [0.25, 0.3) is 5.78 Å². The molecule has 4 aromatic rings. The van der Waals surface area contributed by atoms with Crippen molar-refractivity contribution in [1.82, 2.24) is 19.6 Å². The molecule has 0 radical (unpaired) electrons. The van der Waals surface area contributed by atoms with Gasteiger partial charge in [0, 0.05) is 22.6 Å². The number of ether oxygens (including phenoxy) is 2. The van der Waals surface area contributed by atoms with Crippen LogP contribution < -0.4 is 14.8 Å². The van der Waals surface area contributed by atoms with E-state index in [4.69, 9.17) is 9.47 Å². The number of amides is 1. The van der Waals surface area contributed by atoms with Crippen LogP contribution in [0.4, 0.5) is 18.9 Å². The second-order valence-electron chi connectivity index (χ2n) is 7.66. The van der Waals surface area contributed by atoms with Gasteiger partial charge in [0.2, 0.25) is 5.91 Å². The number of aromatic nitrogens is 4. The molecule has 0 atom stereocenters. The largest absolute Gasteiger partial charge is 0.494 e. The first kappa shape index (κ1) is 24.0. The molecule has 0 saturated heterocycles. The summed E-state index contributed by atoms with van der Waals surface area (Å²) in [5.41, 5.74) is 1.79. The summed E-state index contributed by atoms with van der Waals surface area (Å²) in [6, 6.07) is 14.0. The van der Waals surface area contributed by atoms with E-state index < -0.39 is 12.0 Å². The predicted molar refractivity (Wildman–Crippen MR) is 122 cm³/mol. The highest BCUT2D eigenvalue weighted by Crippen LogP contribution is 2.28. The van der Waals surface area contributed by atoms with Crippen LogP contribution in [0, 0.1) is 13.8 Å². The number of rotatable bonds is 7. The number of aryl methyl sites for hydroxylation is 2. The molecule has 0 saturated carbocycles. The monoisotopic (exact) mass is 485 g/mol. The molecular formula is C24H22F3N5O3. The Morgan fingerprint density at radius 2 is 1.57 bits per heavy atom. The second kappa shape index (κ2) is 9.61. The summed E-state index contributed by atoms with van der Waals surface area (Å²) in [4.78, 5) is 20.2. The SMILES string of the molecule is CCOc1ccc(Oc2ccc(NC(=O)Cc3c(C)nc4nc(C(F)(F)F)nn4c3C)cc2)cc1. The maximum atomic E-state index is 13.0. The van der Waals surface area contributed by atoms with Crippen LogP contribution in [0.5, 0.6) is 17.2 Å². The molecule has 0 bridgehead atoms. The van der Waals surface area contributed by atoms with Gasteiger partial charge < -0.3 is 14.8 Å². The van der Waals surface area contributed by atoms with Crippen LogP contribution in [0.1, 0.15) is 29.7 Å². The number of anilines is 1. The van der Waals surface area contributed by atoms with E-state index in [0.717, 1.165) is 10.3 Å². The molecule has 35 heavy (non-hydrogen) atoms. The first-order valence-electron chi connectivity index (χ1n) is 10.7. The molecule has 0 aliphatic carbocycles. The van der Waals surface area contributed by atoms with E-state index >= 15 is 0 Å². The number of nitrogens with one attached hydrogen (secondary N) is 1. The van der Waals surface area contributed by atoms with Crippen LogP contribution in [-0.4, -0.2) is 32.1 Å². The van der Waals surface area contributed by atoms with Gasteiger partial charge in [-0.25, -0.2) is 9.50 Å². The molecule has 1 amide bonds. The van der Waals surface area contributed by atoms with Crippen molar-refractivity contribution in [2.75, 3.05) is 11.9 Å². The van der Waals surface area contributed by atoms with Crippen LogP contribution in [0.3, 0.4) is 0 Å². The Balaban J connectivity index is 1.42. The van der Waals surface area contributed by atoms with Crippen LogP contribution in [0.2, 0.25) is 0 Å². The summed E-state index contributed by atoms with van der Waals surface area (Å²) in [6.07, 6.45) is -4.78. The van der Waals surface area contributed by atoms with Crippen molar-refractivity contribution in [3.05, 3.63) is 71.3 Å². The van der Waals surface area contributed by atoms with E-state index in [-0.39, 0.29) is 18.1 Å². The zero-order chi connectivity index (χ0) is 25.2. The van der Waals surface area contributed by atoms with Gasteiger partial charge in [-0.1, -0.05) is 0 Å².